The summed E-state index contributed by atoms with van der Waals surface area (Å²) in [6.07, 6.45) is 0. The Hall–Kier alpha value is -1.62. The van der Waals surface area contributed by atoms with E-state index in [0.717, 1.165) is 4.52 Å². The first-order chi connectivity index (χ1) is 6.59. The summed E-state index contributed by atoms with van der Waals surface area (Å²) in [7, 11) is 0. The zero-order valence-electron chi connectivity index (χ0n) is 7.19. The van der Waals surface area contributed by atoms with Crippen LogP contribution >= 0.6 is 11.6 Å². The molecule has 2 aromatic heterocycles. The van der Waals surface area contributed by atoms with Gasteiger partial charge >= 0.3 is 0 Å². The quantitative estimate of drug-likeness (QED) is 0.667. The van der Waals surface area contributed by atoms with Crippen LogP contribution in [-0.2, 0) is 0 Å². The van der Waals surface area contributed by atoms with E-state index >= 15 is 0 Å². The molecule has 0 amide bonds. The number of halogens is 1. The standard InChI is InChI=1S/C8H6ClN3O2/c1-4-7(8(13)14)12-6(10-4)3-2-5(9)11-12/h2-3H,1H3,(H,13,14)/p-1. The Balaban J connectivity index is 2.86. The summed E-state index contributed by atoms with van der Waals surface area (Å²) in [5.41, 5.74) is 0.730. The van der Waals surface area contributed by atoms with Gasteiger partial charge in [-0.05, 0) is 19.1 Å². The molecule has 0 aliphatic rings. The molecule has 0 spiro atoms. The van der Waals surface area contributed by atoms with E-state index < -0.39 is 5.97 Å². The fourth-order valence-corrected chi connectivity index (χ4v) is 1.39. The van der Waals surface area contributed by atoms with Gasteiger partial charge in [0.25, 0.3) is 0 Å². The van der Waals surface area contributed by atoms with Gasteiger partial charge in [0.15, 0.2) is 5.65 Å². The second kappa shape index (κ2) is 2.95. The molecule has 0 fully saturated rings. The minimum atomic E-state index is -1.32. The predicted molar refractivity (Wildman–Crippen MR) is 47.1 cm³/mol. The summed E-state index contributed by atoms with van der Waals surface area (Å²) in [6, 6.07) is 3.14. The molecule has 72 valence electrons. The van der Waals surface area contributed by atoms with E-state index in [4.69, 9.17) is 11.6 Å². The Morgan fingerprint density at radius 1 is 1.57 bits per heavy atom. The number of hydrogen-bond donors (Lipinski definition) is 0. The minimum absolute atomic E-state index is 0.0671. The molecule has 0 N–H and O–H groups in total. The first-order valence-corrected chi connectivity index (χ1v) is 4.20. The number of nitrogens with zero attached hydrogens (tertiary/aromatic N) is 3. The van der Waals surface area contributed by atoms with Crippen LogP contribution in [-0.4, -0.2) is 20.6 Å². The van der Waals surface area contributed by atoms with Crippen LogP contribution in [0.25, 0.3) is 5.65 Å². The lowest BCUT2D eigenvalue weighted by atomic mass is 10.3. The Bertz CT molecular complexity index is 521. The molecule has 2 rings (SSSR count). The molecule has 0 aliphatic heterocycles. The van der Waals surface area contributed by atoms with Crippen LogP contribution in [0, 0.1) is 6.92 Å². The summed E-state index contributed by atoms with van der Waals surface area (Å²) in [5.74, 6) is -1.32. The van der Waals surface area contributed by atoms with Crippen molar-refractivity contribution < 1.29 is 9.90 Å². The Kier molecular flexibility index (Phi) is 1.89. The van der Waals surface area contributed by atoms with Gasteiger partial charge in [-0.1, -0.05) is 11.6 Å². The lowest BCUT2D eigenvalue weighted by Crippen LogP contribution is -2.25. The summed E-state index contributed by atoms with van der Waals surface area (Å²) in [6.45, 7) is 1.58. The van der Waals surface area contributed by atoms with Gasteiger partial charge < -0.3 is 9.90 Å². The van der Waals surface area contributed by atoms with Crippen LogP contribution in [0.4, 0.5) is 0 Å². The number of imidazole rings is 1. The van der Waals surface area contributed by atoms with Gasteiger partial charge in [-0.2, -0.15) is 5.10 Å². The molecule has 2 heterocycles. The van der Waals surface area contributed by atoms with E-state index in [1.807, 2.05) is 0 Å². The molecule has 0 radical (unpaired) electrons. The number of rotatable bonds is 1. The monoisotopic (exact) mass is 210 g/mol. The second-order valence-electron chi connectivity index (χ2n) is 2.76. The van der Waals surface area contributed by atoms with Gasteiger partial charge in [-0.25, -0.2) is 9.50 Å². The average molecular weight is 211 g/mol. The largest absolute Gasteiger partial charge is 0.543 e. The van der Waals surface area contributed by atoms with E-state index in [1.54, 1.807) is 19.1 Å². The number of hydrogen-bond acceptors (Lipinski definition) is 4. The number of aryl methyl sites for hydroxylation is 1. The fourth-order valence-electron chi connectivity index (χ4n) is 1.26. The lowest BCUT2D eigenvalue weighted by Gasteiger charge is -2.01. The van der Waals surface area contributed by atoms with Crippen LogP contribution in [0.3, 0.4) is 0 Å². The predicted octanol–water partition coefficient (Wildman–Crippen LogP) is 0.0546. The van der Waals surface area contributed by atoms with Crippen molar-refractivity contribution in [2.75, 3.05) is 0 Å². The number of carbonyl (C=O) groups excluding carboxylic acids is 1. The third-order valence-electron chi connectivity index (χ3n) is 1.81. The molecule has 0 saturated carbocycles. The minimum Gasteiger partial charge on any atom is -0.543 e. The Morgan fingerprint density at radius 3 is 2.93 bits per heavy atom. The third kappa shape index (κ3) is 1.22. The number of carbonyl (C=O) groups is 1. The van der Waals surface area contributed by atoms with E-state index in [1.165, 1.54) is 0 Å². The summed E-state index contributed by atoms with van der Waals surface area (Å²) < 4.78 is 1.16. The van der Waals surface area contributed by atoms with E-state index in [2.05, 4.69) is 10.1 Å². The highest BCUT2D eigenvalue weighted by Crippen LogP contribution is 2.12. The molecule has 0 aromatic carbocycles. The third-order valence-corrected chi connectivity index (χ3v) is 2.01. The van der Waals surface area contributed by atoms with Crippen molar-refractivity contribution in [3.05, 3.63) is 28.7 Å². The van der Waals surface area contributed by atoms with Crippen molar-refractivity contribution >= 4 is 23.2 Å². The number of aromatic carboxylic acids is 1. The summed E-state index contributed by atoms with van der Waals surface area (Å²) in [4.78, 5) is 14.7. The van der Waals surface area contributed by atoms with Gasteiger partial charge in [-0.3, -0.25) is 0 Å². The van der Waals surface area contributed by atoms with Crippen LogP contribution in [0.5, 0.6) is 0 Å². The van der Waals surface area contributed by atoms with Crippen LogP contribution in [0.1, 0.15) is 16.2 Å². The highest BCUT2D eigenvalue weighted by atomic mass is 35.5. The van der Waals surface area contributed by atoms with Crippen molar-refractivity contribution in [2.24, 2.45) is 0 Å². The molecule has 14 heavy (non-hydrogen) atoms. The number of carboxylic acids is 1. The fraction of sp³-hybridized carbons (Fsp3) is 0.125. The maximum Gasteiger partial charge on any atom is 0.154 e. The highest BCUT2D eigenvalue weighted by Gasteiger charge is 2.10. The second-order valence-corrected chi connectivity index (χ2v) is 3.15. The van der Waals surface area contributed by atoms with Crippen molar-refractivity contribution in [1.82, 2.24) is 14.6 Å². The van der Waals surface area contributed by atoms with Crippen LogP contribution < -0.4 is 5.11 Å². The zero-order valence-corrected chi connectivity index (χ0v) is 7.95. The van der Waals surface area contributed by atoms with Gasteiger partial charge in [0.05, 0.1) is 11.7 Å². The van der Waals surface area contributed by atoms with Gasteiger partial charge in [0.2, 0.25) is 0 Å². The highest BCUT2D eigenvalue weighted by molar-refractivity contribution is 6.29. The SMILES string of the molecule is Cc1nc2ccc(Cl)nn2c1C(=O)[O-]. The molecular weight excluding hydrogens is 206 g/mol. The molecule has 0 bridgehead atoms. The summed E-state index contributed by atoms with van der Waals surface area (Å²) in [5, 5.41) is 14.8. The molecule has 0 saturated heterocycles. The lowest BCUT2D eigenvalue weighted by molar-refractivity contribution is -0.255. The molecule has 0 atom stereocenters. The number of carboxylic acid groups (broad SMARTS) is 1. The normalized spacial score (nSPS) is 10.7. The molecule has 2 aromatic rings. The van der Waals surface area contributed by atoms with Crippen molar-refractivity contribution in [2.45, 2.75) is 6.92 Å². The maximum absolute atomic E-state index is 10.8. The van der Waals surface area contributed by atoms with E-state index in [9.17, 15) is 9.90 Å². The molecular formula is C8H5ClN3O2-. The molecule has 0 aliphatic carbocycles. The van der Waals surface area contributed by atoms with Crippen LogP contribution in [0.2, 0.25) is 5.15 Å². The van der Waals surface area contributed by atoms with Crippen molar-refractivity contribution in [3.8, 4) is 0 Å². The first-order valence-electron chi connectivity index (χ1n) is 3.83. The van der Waals surface area contributed by atoms with Gasteiger partial charge in [0, 0.05) is 0 Å². The summed E-state index contributed by atoms with van der Waals surface area (Å²) >= 11 is 5.63. The Morgan fingerprint density at radius 2 is 2.29 bits per heavy atom. The Labute approximate surface area is 83.9 Å². The number of aromatic nitrogens is 3. The average Bonchev–Trinajstić information content (AvgIpc) is 2.40. The zero-order chi connectivity index (χ0) is 10.3. The smallest absolute Gasteiger partial charge is 0.154 e. The molecule has 0 unspecified atom stereocenters. The van der Waals surface area contributed by atoms with Crippen molar-refractivity contribution in [3.63, 3.8) is 0 Å². The van der Waals surface area contributed by atoms with E-state index in [0.29, 0.717) is 11.3 Å². The first kappa shape index (κ1) is 8.96. The van der Waals surface area contributed by atoms with Gasteiger partial charge in [-0.15, -0.1) is 0 Å². The van der Waals surface area contributed by atoms with Crippen molar-refractivity contribution in [1.29, 1.82) is 0 Å². The van der Waals surface area contributed by atoms with E-state index in [-0.39, 0.29) is 10.8 Å². The number of fused-ring (bicyclic) bond motifs is 1. The van der Waals surface area contributed by atoms with Gasteiger partial charge in [0.1, 0.15) is 10.8 Å². The molecule has 5 nitrogen and oxygen atoms in total. The topological polar surface area (TPSA) is 70.3 Å². The molecule has 6 heteroatoms. The maximum atomic E-state index is 10.8. The van der Waals surface area contributed by atoms with Crippen LogP contribution in [0.15, 0.2) is 12.1 Å².